The Hall–Kier alpha value is -2.04. The van der Waals surface area contributed by atoms with E-state index in [9.17, 15) is 5.11 Å². The van der Waals surface area contributed by atoms with Crippen LogP contribution in [0.1, 0.15) is 5.56 Å². The van der Waals surface area contributed by atoms with Crippen molar-refractivity contribution in [3.63, 3.8) is 0 Å². The molecule has 0 aliphatic heterocycles. The van der Waals surface area contributed by atoms with E-state index in [1.54, 1.807) is 18.2 Å². The average molecular weight is 333 g/mol. The van der Waals surface area contributed by atoms with Gasteiger partial charge >= 0.3 is 0 Å². The third kappa shape index (κ3) is 4.00. The maximum Gasteiger partial charge on any atom is 0.174 e. The molecule has 3 nitrogen and oxygen atoms in total. The second kappa shape index (κ2) is 7.82. The molecule has 0 bridgehead atoms. The van der Waals surface area contributed by atoms with Crippen LogP contribution >= 0.6 is 23.8 Å². The standard InChI is InChI=1S/C17H17ClN2OS/c1-2-11-19-17(22)20(15-9-5-4-8-14(15)18)12-13-7-3-6-10-16(13)21/h2-10,21H,1,11-12H2,(H,19,22). The summed E-state index contributed by atoms with van der Waals surface area (Å²) in [5.74, 6) is 0.228. The first-order valence-electron chi connectivity index (χ1n) is 6.81. The van der Waals surface area contributed by atoms with E-state index in [1.807, 2.05) is 41.3 Å². The summed E-state index contributed by atoms with van der Waals surface area (Å²) in [6, 6.07) is 14.6. The minimum absolute atomic E-state index is 0.228. The number of hydrogen-bond donors (Lipinski definition) is 2. The fourth-order valence-corrected chi connectivity index (χ4v) is 2.49. The van der Waals surface area contributed by atoms with E-state index < -0.39 is 0 Å². The molecule has 0 fully saturated rings. The summed E-state index contributed by atoms with van der Waals surface area (Å²) in [5.41, 5.74) is 1.55. The molecule has 2 aromatic carbocycles. The van der Waals surface area contributed by atoms with Crippen LogP contribution in [-0.2, 0) is 6.54 Å². The second-order valence-electron chi connectivity index (χ2n) is 4.64. The average Bonchev–Trinajstić information content (AvgIpc) is 2.53. The lowest BCUT2D eigenvalue weighted by atomic mass is 10.2. The maximum absolute atomic E-state index is 9.99. The molecule has 0 atom stereocenters. The van der Waals surface area contributed by atoms with Crippen LogP contribution in [0.25, 0.3) is 0 Å². The van der Waals surface area contributed by atoms with Gasteiger partial charge in [0.05, 0.1) is 17.3 Å². The number of aromatic hydroxyl groups is 1. The number of phenols is 1. The molecule has 0 saturated carbocycles. The summed E-state index contributed by atoms with van der Waals surface area (Å²) >= 11 is 11.7. The molecule has 2 rings (SSSR count). The molecular formula is C17H17ClN2OS. The molecule has 2 aromatic rings. The predicted molar refractivity (Wildman–Crippen MR) is 96.5 cm³/mol. The first-order chi connectivity index (χ1) is 10.6. The van der Waals surface area contributed by atoms with E-state index in [-0.39, 0.29) is 5.75 Å². The molecule has 2 N–H and O–H groups in total. The molecule has 0 amide bonds. The Balaban J connectivity index is 2.33. The zero-order valence-corrected chi connectivity index (χ0v) is 13.6. The van der Waals surface area contributed by atoms with Gasteiger partial charge in [0.15, 0.2) is 5.11 Å². The number of phenolic OH excluding ortho intramolecular Hbond substituents is 1. The van der Waals surface area contributed by atoms with E-state index in [1.165, 1.54) is 0 Å². The quantitative estimate of drug-likeness (QED) is 0.638. The molecule has 0 aliphatic rings. The van der Waals surface area contributed by atoms with Crippen molar-refractivity contribution in [1.29, 1.82) is 0 Å². The van der Waals surface area contributed by atoms with E-state index in [0.29, 0.717) is 23.2 Å². The second-order valence-corrected chi connectivity index (χ2v) is 5.43. The van der Waals surface area contributed by atoms with Gasteiger partial charge in [-0.3, -0.25) is 0 Å². The molecule has 0 spiro atoms. The fraction of sp³-hybridized carbons (Fsp3) is 0.118. The van der Waals surface area contributed by atoms with Crippen molar-refractivity contribution >= 4 is 34.6 Å². The van der Waals surface area contributed by atoms with E-state index in [4.69, 9.17) is 23.8 Å². The van der Waals surface area contributed by atoms with Gasteiger partial charge in [-0.2, -0.15) is 0 Å². The van der Waals surface area contributed by atoms with Crippen LogP contribution in [0.4, 0.5) is 5.69 Å². The van der Waals surface area contributed by atoms with Crippen LogP contribution in [0, 0.1) is 0 Å². The van der Waals surface area contributed by atoms with Gasteiger partial charge in [-0.1, -0.05) is 48.0 Å². The van der Waals surface area contributed by atoms with Crippen molar-refractivity contribution in [2.24, 2.45) is 0 Å². The van der Waals surface area contributed by atoms with Gasteiger partial charge in [0.1, 0.15) is 5.75 Å². The lowest BCUT2D eigenvalue weighted by Gasteiger charge is -2.27. The topological polar surface area (TPSA) is 35.5 Å². The molecular weight excluding hydrogens is 316 g/mol. The lowest BCUT2D eigenvalue weighted by Crippen LogP contribution is -2.39. The maximum atomic E-state index is 9.99. The Morgan fingerprint density at radius 2 is 1.91 bits per heavy atom. The zero-order valence-electron chi connectivity index (χ0n) is 12.0. The number of hydrogen-bond acceptors (Lipinski definition) is 2. The van der Waals surface area contributed by atoms with Crippen LogP contribution in [-0.4, -0.2) is 16.8 Å². The third-order valence-electron chi connectivity index (χ3n) is 3.11. The number of rotatable bonds is 5. The highest BCUT2D eigenvalue weighted by atomic mass is 35.5. The molecule has 0 saturated heterocycles. The first-order valence-corrected chi connectivity index (χ1v) is 7.59. The normalized spacial score (nSPS) is 10.0. The molecule has 0 unspecified atom stereocenters. The number of halogens is 1. The Morgan fingerprint density at radius 3 is 2.59 bits per heavy atom. The van der Waals surface area contributed by atoms with Crippen LogP contribution in [0.3, 0.4) is 0 Å². The van der Waals surface area contributed by atoms with Crippen molar-refractivity contribution in [1.82, 2.24) is 5.32 Å². The highest BCUT2D eigenvalue weighted by Crippen LogP contribution is 2.28. The summed E-state index contributed by atoms with van der Waals surface area (Å²) in [6.07, 6.45) is 1.73. The lowest BCUT2D eigenvalue weighted by molar-refractivity contribution is 0.468. The minimum atomic E-state index is 0.228. The number of anilines is 1. The van der Waals surface area contributed by atoms with Crippen LogP contribution in [0.15, 0.2) is 61.2 Å². The Kier molecular flexibility index (Phi) is 5.81. The molecule has 5 heteroatoms. The number of nitrogens with one attached hydrogen (secondary N) is 1. The molecule has 0 heterocycles. The van der Waals surface area contributed by atoms with Gasteiger partial charge in [0, 0.05) is 12.1 Å². The minimum Gasteiger partial charge on any atom is -0.508 e. The van der Waals surface area contributed by atoms with Gasteiger partial charge in [0.2, 0.25) is 0 Å². The van der Waals surface area contributed by atoms with Gasteiger partial charge in [-0.15, -0.1) is 6.58 Å². The highest BCUT2D eigenvalue weighted by molar-refractivity contribution is 7.80. The predicted octanol–water partition coefficient (Wildman–Crippen LogP) is 4.11. The molecule has 0 aliphatic carbocycles. The van der Waals surface area contributed by atoms with Crippen molar-refractivity contribution in [2.75, 3.05) is 11.4 Å². The van der Waals surface area contributed by atoms with Crippen LogP contribution < -0.4 is 10.2 Å². The SMILES string of the molecule is C=CCNC(=S)N(Cc1ccccc1O)c1ccccc1Cl. The summed E-state index contributed by atoms with van der Waals surface area (Å²) in [7, 11) is 0. The number of thiocarbonyl (C=S) groups is 1. The van der Waals surface area contributed by atoms with E-state index in [2.05, 4.69) is 11.9 Å². The summed E-state index contributed by atoms with van der Waals surface area (Å²) in [6.45, 7) is 4.65. The van der Waals surface area contributed by atoms with Crippen LogP contribution in [0.2, 0.25) is 5.02 Å². The molecule has 0 aromatic heterocycles. The van der Waals surface area contributed by atoms with Gasteiger partial charge in [-0.05, 0) is 30.4 Å². The van der Waals surface area contributed by atoms with Gasteiger partial charge in [-0.25, -0.2) is 0 Å². The summed E-state index contributed by atoms with van der Waals surface area (Å²) in [4.78, 5) is 1.86. The molecule has 22 heavy (non-hydrogen) atoms. The van der Waals surface area contributed by atoms with Crippen molar-refractivity contribution in [3.8, 4) is 5.75 Å². The summed E-state index contributed by atoms with van der Waals surface area (Å²) in [5, 5.41) is 14.2. The number of nitrogens with zero attached hydrogens (tertiary/aromatic N) is 1. The zero-order chi connectivity index (χ0) is 15.9. The van der Waals surface area contributed by atoms with Crippen LogP contribution in [0.5, 0.6) is 5.75 Å². The Labute approximate surface area is 140 Å². The van der Waals surface area contributed by atoms with Gasteiger partial charge in [0.25, 0.3) is 0 Å². The van der Waals surface area contributed by atoms with Crippen molar-refractivity contribution in [3.05, 3.63) is 71.8 Å². The van der Waals surface area contributed by atoms with Gasteiger partial charge < -0.3 is 15.3 Å². The largest absolute Gasteiger partial charge is 0.508 e. The fourth-order valence-electron chi connectivity index (χ4n) is 2.01. The van der Waals surface area contributed by atoms with Crippen molar-refractivity contribution < 1.29 is 5.11 Å². The van der Waals surface area contributed by atoms with E-state index in [0.717, 1.165) is 11.3 Å². The Morgan fingerprint density at radius 1 is 1.23 bits per heavy atom. The van der Waals surface area contributed by atoms with Crippen molar-refractivity contribution in [2.45, 2.75) is 6.54 Å². The smallest absolute Gasteiger partial charge is 0.174 e. The summed E-state index contributed by atoms with van der Waals surface area (Å²) < 4.78 is 0. The molecule has 114 valence electrons. The highest BCUT2D eigenvalue weighted by Gasteiger charge is 2.16. The first kappa shape index (κ1) is 16.3. The monoisotopic (exact) mass is 332 g/mol. The number of para-hydroxylation sites is 2. The van der Waals surface area contributed by atoms with E-state index >= 15 is 0 Å². The third-order valence-corrected chi connectivity index (χ3v) is 3.79. The Bertz CT molecular complexity index is 675. The number of benzene rings is 2. The molecule has 0 radical (unpaired) electrons.